The van der Waals surface area contributed by atoms with Crippen LogP contribution in [-0.4, -0.2) is 83.7 Å². The second kappa shape index (κ2) is 17.8. The molecule has 3 aromatic rings. The number of benzene rings is 1. The first-order valence-corrected chi connectivity index (χ1v) is 11.8. The summed E-state index contributed by atoms with van der Waals surface area (Å²) in [5.74, 6) is 0.847. The number of pyridine rings is 2. The topological polar surface area (TPSA) is 53.8 Å². The van der Waals surface area contributed by atoms with Crippen molar-refractivity contribution in [3.63, 3.8) is 0 Å². The van der Waals surface area contributed by atoms with E-state index in [1.54, 1.807) is 17.7 Å². The molecule has 0 saturated carbocycles. The molecule has 1 saturated heterocycles. The first-order chi connectivity index (χ1) is 16.1. The second-order valence-corrected chi connectivity index (χ2v) is 8.93. The Morgan fingerprint density at radius 3 is 2.30 bits per heavy atom. The average Bonchev–Trinajstić information content (AvgIpc) is 2.84. The van der Waals surface area contributed by atoms with Crippen molar-refractivity contribution in [3.8, 4) is 5.75 Å². The van der Waals surface area contributed by atoms with E-state index in [1.165, 1.54) is 5.56 Å². The lowest BCUT2D eigenvalue weighted by Crippen LogP contribution is -2.47. The SMILES string of the molecule is CN1CCN(CCN(CCCOc2ccc3c(ccc(=O)n3C)c2)Cc2ccncc2)CC1.Cl.Cl.Cl.Cl. The minimum atomic E-state index is 0. The maximum atomic E-state index is 11.8. The van der Waals surface area contributed by atoms with E-state index in [9.17, 15) is 4.79 Å². The van der Waals surface area contributed by atoms with Crippen LogP contribution in [0.5, 0.6) is 5.75 Å². The normalized spacial score (nSPS) is 13.7. The van der Waals surface area contributed by atoms with Gasteiger partial charge in [-0.05, 0) is 55.4 Å². The molecule has 1 aliphatic rings. The Morgan fingerprint density at radius 2 is 1.59 bits per heavy atom. The number of fused-ring (bicyclic) bond motifs is 1. The third-order valence-corrected chi connectivity index (χ3v) is 6.47. The number of likely N-dealkylation sites (N-methyl/N-ethyl adjacent to an activating group) is 1. The molecule has 0 amide bonds. The molecule has 1 fully saturated rings. The Balaban J connectivity index is 0.00000324. The molecule has 0 N–H and O–H groups in total. The number of hydrogen-bond donors (Lipinski definition) is 0. The fraction of sp³-hybridized carbons (Fsp3) is 0.462. The number of hydrogen-bond acceptors (Lipinski definition) is 6. The van der Waals surface area contributed by atoms with Crippen LogP contribution in [0.3, 0.4) is 0 Å². The van der Waals surface area contributed by atoms with Crippen molar-refractivity contribution in [2.45, 2.75) is 13.0 Å². The summed E-state index contributed by atoms with van der Waals surface area (Å²) in [4.78, 5) is 23.4. The van der Waals surface area contributed by atoms with Gasteiger partial charge < -0.3 is 14.2 Å². The summed E-state index contributed by atoms with van der Waals surface area (Å²) < 4.78 is 7.71. The van der Waals surface area contributed by atoms with Crippen molar-refractivity contribution in [2.24, 2.45) is 7.05 Å². The molecule has 0 radical (unpaired) electrons. The van der Waals surface area contributed by atoms with Crippen molar-refractivity contribution in [2.75, 3.05) is 59.5 Å². The van der Waals surface area contributed by atoms with Crippen LogP contribution in [0.4, 0.5) is 0 Å². The van der Waals surface area contributed by atoms with Crippen LogP contribution < -0.4 is 10.3 Å². The maximum Gasteiger partial charge on any atom is 0.250 e. The fourth-order valence-corrected chi connectivity index (χ4v) is 4.30. The maximum absolute atomic E-state index is 11.8. The third-order valence-electron chi connectivity index (χ3n) is 6.47. The number of rotatable bonds is 10. The van der Waals surface area contributed by atoms with E-state index in [0.717, 1.165) is 75.4 Å². The van der Waals surface area contributed by atoms with Crippen LogP contribution in [0.25, 0.3) is 10.9 Å². The van der Waals surface area contributed by atoms with Crippen LogP contribution >= 0.6 is 49.6 Å². The first kappa shape index (κ1) is 35.4. The Labute approximate surface area is 244 Å². The van der Waals surface area contributed by atoms with E-state index in [-0.39, 0.29) is 55.2 Å². The Hall–Kier alpha value is -1.58. The molecule has 3 heterocycles. The minimum absolute atomic E-state index is 0. The van der Waals surface area contributed by atoms with Crippen LogP contribution in [0.15, 0.2) is 59.7 Å². The summed E-state index contributed by atoms with van der Waals surface area (Å²) in [5.41, 5.74) is 2.22. The van der Waals surface area contributed by atoms with Gasteiger partial charge in [0.1, 0.15) is 5.75 Å². The van der Waals surface area contributed by atoms with Gasteiger partial charge >= 0.3 is 0 Å². The lowest BCUT2D eigenvalue weighted by atomic mass is 10.2. The van der Waals surface area contributed by atoms with E-state index in [2.05, 4.69) is 38.9 Å². The molecule has 1 aliphatic heterocycles. The standard InChI is InChI=1S/C26H35N5O2.4ClH/c1-28-13-15-30(16-14-28)17-18-31(21-22-8-10-27-11-9-22)12-3-19-33-24-5-6-25-23(20-24)4-7-26(32)29(25)2;;;;/h4-11,20H,3,12-19,21H2,1-2H3;4*1H. The largest absolute Gasteiger partial charge is 0.494 e. The lowest BCUT2D eigenvalue weighted by Gasteiger charge is -2.34. The highest BCUT2D eigenvalue weighted by Crippen LogP contribution is 2.19. The number of halogens is 4. The van der Waals surface area contributed by atoms with E-state index in [4.69, 9.17) is 4.74 Å². The minimum Gasteiger partial charge on any atom is -0.494 e. The molecule has 7 nitrogen and oxygen atoms in total. The molecule has 0 aliphatic carbocycles. The summed E-state index contributed by atoms with van der Waals surface area (Å²) in [6.07, 6.45) is 4.69. The molecule has 37 heavy (non-hydrogen) atoms. The van der Waals surface area contributed by atoms with E-state index in [1.807, 2.05) is 36.7 Å². The molecule has 0 spiro atoms. The van der Waals surface area contributed by atoms with Gasteiger partial charge in [0.25, 0.3) is 5.56 Å². The van der Waals surface area contributed by atoms with Crippen molar-refractivity contribution >= 4 is 60.5 Å². The summed E-state index contributed by atoms with van der Waals surface area (Å²) in [6, 6.07) is 13.6. The van der Waals surface area contributed by atoms with E-state index >= 15 is 0 Å². The zero-order valence-electron chi connectivity index (χ0n) is 21.5. The van der Waals surface area contributed by atoms with Crippen LogP contribution in [0, 0.1) is 0 Å². The summed E-state index contributed by atoms with van der Waals surface area (Å²) >= 11 is 0. The highest BCUT2D eigenvalue weighted by atomic mass is 35.5. The van der Waals surface area contributed by atoms with Gasteiger partial charge in [-0.2, -0.15) is 0 Å². The highest BCUT2D eigenvalue weighted by Gasteiger charge is 2.15. The Bertz CT molecular complexity index is 1100. The molecule has 1 aromatic carbocycles. The van der Waals surface area contributed by atoms with Crippen LogP contribution in [0.2, 0.25) is 0 Å². The molecule has 4 rings (SSSR count). The van der Waals surface area contributed by atoms with Gasteiger partial charge in [0.05, 0.1) is 12.1 Å². The molecular formula is C26H39Cl4N5O2. The van der Waals surface area contributed by atoms with Gasteiger partial charge in [0, 0.05) is 83.3 Å². The predicted molar refractivity (Wildman–Crippen MR) is 162 cm³/mol. The number of aromatic nitrogens is 2. The zero-order valence-corrected chi connectivity index (χ0v) is 24.7. The van der Waals surface area contributed by atoms with Crippen LogP contribution in [0.1, 0.15) is 12.0 Å². The van der Waals surface area contributed by atoms with E-state index in [0.29, 0.717) is 6.61 Å². The van der Waals surface area contributed by atoms with Crippen molar-refractivity contribution in [3.05, 3.63) is 70.8 Å². The van der Waals surface area contributed by atoms with Gasteiger partial charge in [-0.25, -0.2) is 0 Å². The van der Waals surface area contributed by atoms with Crippen LogP contribution in [-0.2, 0) is 13.6 Å². The molecule has 0 unspecified atom stereocenters. The number of nitrogens with zero attached hydrogens (tertiary/aromatic N) is 5. The number of aryl methyl sites for hydroxylation is 1. The van der Waals surface area contributed by atoms with Crippen molar-refractivity contribution < 1.29 is 4.74 Å². The highest BCUT2D eigenvalue weighted by molar-refractivity contribution is 5.86. The molecular weight excluding hydrogens is 556 g/mol. The molecule has 208 valence electrons. The van der Waals surface area contributed by atoms with E-state index < -0.39 is 0 Å². The molecule has 0 bridgehead atoms. The van der Waals surface area contributed by atoms with Gasteiger partial charge in [-0.1, -0.05) is 0 Å². The summed E-state index contributed by atoms with van der Waals surface area (Å²) in [5, 5.41) is 1.01. The smallest absolute Gasteiger partial charge is 0.250 e. The fourth-order valence-electron chi connectivity index (χ4n) is 4.30. The average molecular weight is 595 g/mol. The lowest BCUT2D eigenvalue weighted by molar-refractivity contribution is 0.130. The first-order valence-electron chi connectivity index (χ1n) is 11.8. The van der Waals surface area contributed by atoms with Gasteiger partial charge in [0.2, 0.25) is 0 Å². The third kappa shape index (κ3) is 10.6. The second-order valence-electron chi connectivity index (χ2n) is 8.93. The molecule has 0 atom stereocenters. The van der Waals surface area contributed by atoms with Gasteiger partial charge in [-0.15, -0.1) is 49.6 Å². The monoisotopic (exact) mass is 593 g/mol. The molecule has 11 heteroatoms. The quantitative estimate of drug-likeness (QED) is 0.329. The van der Waals surface area contributed by atoms with Gasteiger partial charge in [0.15, 0.2) is 0 Å². The number of ether oxygens (including phenoxy) is 1. The predicted octanol–water partition coefficient (Wildman–Crippen LogP) is 4.14. The Morgan fingerprint density at radius 1 is 0.892 bits per heavy atom. The summed E-state index contributed by atoms with van der Waals surface area (Å²) in [7, 11) is 3.99. The Kier molecular flexibility index (Phi) is 17.1. The number of piperazine rings is 1. The molecule has 2 aromatic heterocycles. The van der Waals surface area contributed by atoms with Crippen molar-refractivity contribution in [1.29, 1.82) is 0 Å². The van der Waals surface area contributed by atoms with Crippen molar-refractivity contribution in [1.82, 2.24) is 24.3 Å². The van der Waals surface area contributed by atoms with Gasteiger partial charge in [-0.3, -0.25) is 19.6 Å². The summed E-state index contributed by atoms with van der Waals surface area (Å²) in [6.45, 7) is 9.33. The zero-order chi connectivity index (χ0) is 23.0.